The minimum absolute atomic E-state index is 0.0409. The highest BCUT2D eigenvalue weighted by Gasteiger charge is 2.41. The third-order valence-corrected chi connectivity index (χ3v) is 4.37. The van der Waals surface area contributed by atoms with Gasteiger partial charge in [0.25, 0.3) is 0 Å². The third-order valence-electron chi connectivity index (χ3n) is 2.22. The van der Waals surface area contributed by atoms with Gasteiger partial charge >= 0.3 is 0 Å². The summed E-state index contributed by atoms with van der Waals surface area (Å²) in [5, 5.41) is 0. The van der Waals surface area contributed by atoms with Crippen LogP contribution >= 0.6 is 17.9 Å². The summed E-state index contributed by atoms with van der Waals surface area (Å²) in [6.45, 7) is 9.21. The number of hydrogen-bond donors (Lipinski definition) is 1. The van der Waals surface area contributed by atoms with E-state index in [-0.39, 0.29) is 11.5 Å². The van der Waals surface area contributed by atoms with Crippen molar-refractivity contribution in [3.63, 3.8) is 0 Å². The molecule has 2 unspecified atom stereocenters. The Morgan fingerprint density at radius 2 is 2.08 bits per heavy atom. The van der Waals surface area contributed by atoms with E-state index in [1.54, 1.807) is 0 Å². The highest BCUT2D eigenvalue weighted by atomic mass is 32.9. The van der Waals surface area contributed by atoms with Crippen molar-refractivity contribution in [2.45, 2.75) is 33.8 Å². The van der Waals surface area contributed by atoms with E-state index >= 15 is 0 Å². The lowest BCUT2D eigenvalue weighted by atomic mass is 9.81. The Morgan fingerprint density at radius 3 is 2.46 bits per heavy atom. The van der Waals surface area contributed by atoms with Gasteiger partial charge in [-0.15, -0.1) is 0 Å². The van der Waals surface area contributed by atoms with Crippen LogP contribution in [0, 0.1) is 11.3 Å². The number of hydrogen-bond acceptors (Lipinski definition) is 3. The SMILES string of the molecule is CC(C)C1OP(=S)(S)OCC1(C)C. The maximum absolute atomic E-state index is 5.72. The topological polar surface area (TPSA) is 18.5 Å². The Morgan fingerprint density at radius 1 is 1.54 bits per heavy atom. The van der Waals surface area contributed by atoms with Gasteiger partial charge in [-0.25, -0.2) is 0 Å². The van der Waals surface area contributed by atoms with Gasteiger partial charge < -0.3 is 9.05 Å². The zero-order valence-electron chi connectivity index (χ0n) is 8.48. The molecule has 78 valence electrons. The van der Waals surface area contributed by atoms with Crippen LogP contribution in [0.2, 0.25) is 0 Å². The van der Waals surface area contributed by atoms with Gasteiger partial charge in [0, 0.05) is 5.41 Å². The average molecular weight is 240 g/mol. The average Bonchev–Trinajstić information content (AvgIpc) is 1.95. The monoisotopic (exact) mass is 240 g/mol. The Balaban J connectivity index is 2.82. The second kappa shape index (κ2) is 3.82. The first-order valence-corrected chi connectivity index (χ1v) is 8.19. The lowest BCUT2D eigenvalue weighted by Crippen LogP contribution is -2.41. The van der Waals surface area contributed by atoms with E-state index in [4.69, 9.17) is 20.9 Å². The lowest BCUT2D eigenvalue weighted by Gasteiger charge is -2.43. The van der Waals surface area contributed by atoms with Crippen LogP contribution in [0.1, 0.15) is 27.7 Å². The molecule has 0 aromatic rings. The van der Waals surface area contributed by atoms with Gasteiger partial charge in [0.1, 0.15) is 0 Å². The number of thiol groups is 1. The molecule has 0 aliphatic carbocycles. The van der Waals surface area contributed by atoms with Gasteiger partial charge in [0.05, 0.1) is 12.7 Å². The third kappa shape index (κ3) is 2.93. The van der Waals surface area contributed by atoms with Crippen molar-refractivity contribution in [3.8, 4) is 0 Å². The number of rotatable bonds is 1. The first kappa shape index (κ1) is 12.0. The van der Waals surface area contributed by atoms with E-state index in [1.165, 1.54) is 0 Å². The van der Waals surface area contributed by atoms with Crippen molar-refractivity contribution in [1.29, 1.82) is 0 Å². The lowest BCUT2D eigenvalue weighted by molar-refractivity contribution is -0.0299. The van der Waals surface area contributed by atoms with Crippen LogP contribution in [0.15, 0.2) is 0 Å². The Kier molecular flexibility index (Phi) is 3.52. The molecule has 0 aromatic carbocycles. The van der Waals surface area contributed by atoms with E-state index in [0.717, 1.165) is 0 Å². The molecule has 2 atom stereocenters. The van der Waals surface area contributed by atoms with E-state index in [1.807, 2.05) is 0 Å². The fourth-order valence-corrected chi connectivity index (χ4v) is 3.96. The largest absolute Gasteiger partial charge is 0.321 e. The van der Waals surface area contributed by atoms with E-state index in [0.29, 0.717) is 12.5 Å². The molecule has 0 amide bonds. The molecule has 0 N–H and O–H groups in total. The van der Waals surface area contributed by atoms with Crippen molar-refractivity contribution in [3.05, 3.63) is 0 Å². The Hall–Kier alpha value is 0.920. The van der Waals surface area contributed by atoms with Crippen molar-refractivity contribution in [1.82, 2.24) is 0 Å². The van der Waals surface area contributed by atoms with Crippen molar-refractivity contribution < 1.29 is 9.05 Å². The van der Waals surface area contributed by atoms with Gasteiger partial charge in [0.2, 0.25) is 5.69 Å². The van der Waals surface area contributed by atoms with Gasteiger partial charge in [-0.2, -0.15) is 0 Å². The normalized spacial score (nSPS) is 39.4. The zero-order chi connectivity index (χ0) is 10.3. The quantitative estimate of drug-likeness (QED) is 0.560. The molecule has 1 aliphatic rings. The molecule has 1 saturated heterocycles. The Bertz CT molecular complexity index is 240. The summed E-state index contributed by atoms with van der Waals surface area (Å²) in [6, 6.07) is 0. The van der Waals surface area contributed by atoms with Crippen molar-refractivity contribution in [2.75, 3.05) is 6.61 Å². The van der Waals surface area contributed by atoms with E-state index < -0.39 is 5.69 Å². The van der Waals surface area contributed by atoms with Crippen LogP contribution in [-0.4, -0.2) is 12.7 Å². The summed E-state index contributed by atoms with van der Waals surface area (Å²) in [5.41, 5.74) is -2.21. The maximum Gasteiger partial charge on any atom is 0.244 e. The molecule has 0 aromatic heterocycles. The summed E-state index contributed by atoms with van der Waals surface area (Å²) in [7, 11) is 0. The minimum atomic E-state index is -2.25. The van der Waals surface area contributed by atoms with Crippen LogP contribution < -0.4 is 0 Å². The molecule has 5 heteroatoms. The molecule has 0 radical (unpaired) electrons. The van der Waals surface area contributed by atoms with Crippen LogP contribution in [0.4, 0.5) is 0 Å². The maximum atomic E-state index is 5.72. The van der Waals surface area contributed by atoms with Crippen LogP contribution in [0.5, 0.6) is 0 Å². The molecule has 0 saturated carbocycles. The zero-order valence-corrected chi connectivity index (χ0v) is 11.1. The fourth-order valence-electron chi connectivity index (χ4n) is 1.67. The molecule has 1 aliphatic heterocycles. The van der Waals surface area contributed by atoms with E-state index in [9.17, 15) is 0 Å². The van der Waals surface area contributed by atoms with Crippen LogP contribution in [-0.2, 0) is 20.9 Å². The fraction of sp³-hybridized carbons (Fsp3) is 1.00. The van der Waals surface area contributed by atoms with Crippen LogP contribution in [0.3, 0.4) is 0 Å². The molecule has 2 nitrogen and oxygen atoms in total. The molecule has 1 fully saturated rings. The smallest absolute Gasteiger partial charge is 0.244 e. The van der Waals surface area contributed by atoms with Gasteiger partial charge in [-0.1, -0.05) is 39.9 Å². The Labute approximate surface area is 90.7 Å². The molecular formula is C8H17O2PS2. The molecule has 1 rings (SSSR count). The molecular weight excluding hydrogens is 223 g/mol. The first-order chi connectivity index (χ1) is 5.75. The van der Waals surface area contributed by atoms with Crippen molar-refractivity contribution >= 4 is 29.7 Å². The highest BCUT2D eigenvalue weighted by Crippen LogP contribution is 2.61. The summed E-state index contributed by atoms with van der Waals surface area (Å²) < 4.78 is 11.1. The van der Waals surface area contributed by atoms with Crippen LogP contribution in [0.25, 0.3) is 0 Å². The molecule has 0 spiro atoms. The summed E-state index contributed by atoms with van der Waals surface area (Å²) in [5.74, 6) is 0.452. The molecule has 13 heavy (non-hydrogen) atoms. The predicted octanol–water partition coefficient (Wildman–Crippen LogP) is 3.24. The second-order valence-electron chi connectivity index (χ2n) is 4.50. The van der Waals surface area contributed by atoms with Gasteiger partial charge in [0.15, 0.2) is 0 Å². The van der Waals surface area contributed by atoms with Crippen molar-refractivity contribution in [2.24, 2.45) is 11.3 Å². The standard InChI is InChI=1S/C8H17O2PS2/c1-6(2)7-8(3,4)5-9-11(12,13)10-7/h6-7H,5H2,1-4H3,(H,12,13). The van der Waals surface area contributed by atoms with Gasteiger partial charge in [-0.3, -0.25) is 0 Å². The first-order valence-electron chi connectivity index (χ1n) is 4.40. The van der Waals surface area contributed by atoms with E-state index in [2.05, 4.69) is 39.9 Å². The highest BCUT2D eigenvalue weighted by molar-refractivity contribution is 8.60. The summed E-state index contributed by atoms with van der Waals surface area (Å²) in [4.78, 5) is 0. The minimum Gasteiger partial charge on any atom is -0.321 e. The summed E-state index contributed by atoms with van der Waals surface area (Å²) in [6.07, 6.45) is 0.157. The van der Waals surface area contributed by atoms with Gasteiger partial charge in [-0.05, 0) is 17.7 Å². The second-order valence-corrected chi connectivity index (χ2v) is 9.74. The molecule has 0 bridgehead atoms. The predicted molar refractivity (Wildman–Crippen MR) is 62.7 cm³/mol. The molecule has 1 heterocycles. The summed E-state index contributed by atoms with van der Waals surface area (Å²) >= 11 is 9.36.